The molecule has 0 bridgehead atoms. The van der Waals surface area contributed by atoms with E-state index in [1.54, 1.807) is 7.11 Å². The molecule has 0 aromatic heterocycles. The van der Waals surface area contributed by atoms with Gasteiger partial charge in [0.2, 0.25) is 0 Å². The van der Waals surface area contributed by atoms with Gasteiger partial charge in [-0.25, -0.2) is 0 Å². The Balaban J connectivity index is 2.29. The molecule has 0 atom stereocenters. The predicted molar refractivity (Wildman–Crippen MR) is 74.4 cm³/mol. The highest BCUT2D eigenvalue weighted by Crippen LogP contribution is 2.42. The number of hydrogen-bond donors (Lipinski definition) is 0. The molecule has 1 aromatic rings. The first-order valence-electron chi connectivity index (χ1n) is 6.05. The zero-order valence-electron chi connectivity index (χ0n) is 11.0. The number of Topliss-reactive ketones (excluding diaryl/α,β-unsaturated/α-hetero) is 1. The van der Waals surface area contributed by atoms with Crippen molar-refractivity contribution in [3.63, 3.8) is 0 Å². The van der Waals surface area contributed by atoms with Crippen molar-refractivity contribution in [2.75, 3.05) is 7.11 Å². The Morgan fingerprint density at radius 2 is 1.83 bits per heavy atom. The number of carbonyl (C=O) groups is 1. The van der Waals surface area contributed by atoms with Crippen LogP contribution in [-0.4, -0.2) is 12.9 Å². The van der Waals surface area contributed by atoms with Crippen LogP contribution in [0.3, 0.4) is 0 Å². The summed E-state index contributed by atoms with van der Waals surface area (Å²) < 4.78 is 5.42. The topological polar surface area (TPSA) is 26.3 Å². The summed E-state index contributed by atoms with van der Waals surface area (Å²) in [5, 5.41) is 0. The minimum absolute atomic E-state index is 0.00315. The molecule has 1 aliphatic carbocycles. The van der Waals surface area contributed by atoms with Crippen molar-refractivity contribution in [3.05, 3.63) is 41.0 Å². The second-order valence-electron chi connectivity index (χ2n) is 5.31. The van der Waals surface area contributed by atoms with Crippen LogP contribution >= 0.6 is 11.8 Å². The molecule has 96 valence electrons. The summed E-state index contributed by atoms with van der Waals surface area (Å²) in [5.41, 5.74) is 0.00315. The van der Waals surface area contributed by atoms with E-state index in [-0.39, 0.29) is 11.2 Å². The van der Waals surface area contributed by atoms with E-state index in [0.717, 1.165) is 22.0 Å². The van der Waals surface area contributed by atoms with Gasteiger partial charge in [-0.3, -0.25) is 4.79 Å². The molecule has 2 nitrogen and oxygen atoms in total. The molecule has 2 rings (SSSR count). The molecule has 0 aliphatic heterocycles. The second-order valence-corrected chi connectivity index (χ2v) is 6.40. The normalized spacial score (nSPS) is 18.9. The van der Waals surface area contributed by atoms with Crippen LogP contribution in [0, 0.1) is 5.41 Å². The first kappa shape index (κ1) is 13.2. The quantitative estimate of drug-likeness (QED) is 0.822. The molecular formula is C15H18O2S. The highest BCUT2D eigenvalue weighted by atomic mass is 32.2. The summed E-state index contributed by atoms with van der Waals surface area (Å²) in [7, 11) is 1.65. The second kappa shape index (κ2) is 5.19. The predicted octanol–water partition coefficient (Wildman–Crippen LogP) is 4.03. The number of hydrogen-bond acceptors (Lipinski definition) is 3. The molecule has 3 heteroatoms. The van der Waals surface area contributed by atoms with Crippen LogP contribution in [-0.2, 0) is 9.53 Å². The fourth-order valence-electron chi connectivity index (χ4n) is 2.13. The van der Waals surface area contributed by atoms with Gasteiger partial charge in [0.25, 0.3) is 0 Å². The van der Waals surface area contributed by atoms with Gasteiger partial charge < -0.3 is 4.74 Å². The highest BCUT2D eigenvalue weighted by Gasteiger charge is 2.34. The molecule has 1 aromatic carbocycles. The van der Waals surface area contributed by atoms with Crippen molar-refractivity contribution in [3.8, 4) is 0 Å². The summed E-state index contributed by atoms with van der Waals surface area (Å²) in [4.78, 5) is 14.1. The lowest BCUT2D eigenvalue weighted by Gasteiger charge is -2.30. The highest BCUT2D eigenvalue weighted by molar-refractivity contribution is 8.04. The van der Waals surface area contributed by atoms with Gasteiger partial charge in [-0.15, -0.1) is 0 Å². The van der Waals surface area contributed by atoms with Crippen molar-refractivity contribution in [2.24, 2.45) is 5.41 Å². The van der Waals surface area contributed by atoms with Crippen molar-refractivity contribution in [1.29, 1.82) is 0 Å². The van der Waals surface area contributed by atoms with Gasteiger partial charge in [-0.2, -0.15) is 0 Å². The first-order chi connectivity index (χ1) is 8.52. The monoisotopic (exact) mass is 262 g/mol. The van der Waals surface area contributed by atoms with Gasteiger partial charge in [0.15, 0.2) is 5.78 Å². The van der Waals surface area contributed by atoms with Gasteiger partial charge in [0.05, 0.1) is 12.0 Å². The van der Waals surface area contributed by atoms with Gasteiger partial charge in [0, 0.05) is 17.7 Å². The van der Waals surface area contributed by atoms with Crippen molar-refractivity contribution in [1.82, 2.24) is 0 Å². The fraction of sp³-hybridized carbons (Fsp3) is 0.400. The van der Waals surface area contributed by atoms with Crippen LogP contribution in [0.1, 0.15) is 26.7 Å². The van der Waals surface area contributed by atoms with Crippen LogP contribution in [0.5, 0.6) is 0 Å². The summed E-state index contributed by atoms with van der Waals surface area (Å²) in [6, 6.07) is 9.96. The Labute approximate surface area is 112 Å². The average molecular weight is 262 g/mol. The minimum atomic E-state index is 0.00315. The number of rotatable bonds is 3. The standard InChI is InChI=1S/C15H18O2S/c1-15(2)9-12(16)14(13(10-15)17-3)18-11-7-5-4-6-8-11/h4-8H,9-10H2,1-3H3. The van der Waals surface area contributed by atoms with E-state index in [4.69, 9.17) is 4.74 Å². The van der Waals surface area contributed by atoms with Crippen LogP contribution in [0.15, 0.2) is 45.9 Å². The van der Waals surface area contributed by atoms with Crippen LogP contribution < -0.4 is 0 Å². The molecule has 0 spiro atoms. The number of carbonyl (C=O) groups excluding carboxylic acids is 1. The maximum Gasteiger partial charge on any atom is 0.173 e. The lowest BCUT2D eigenvalue weighted by Crippen LogP contribution is -2.25. The Bertz CT molecular complexity index is 475. The summed E-state index contributed by atoms with van der Waals surface area (Å²) in [5.74, 6) is 1.02. The third-order valence-corrected chi connectivity index (χ3v) is 4.16. The first-order valence-corrected chi connectivity index (χ1v) is 6.87. The maximum atomic E-state index is 12.2. The van der Waals surface area contributed by atoms with E-state index in [1.165, 1.54) is 11.8 Å². The molecule has 0 radical (unpaired) electrons. The summed E-state index contributed by atoms with van der Waals surface area (Å²) in [6.07, 6.45) is 1.42. The lowest BCUT2D eigenvalue weighted by molar-refractivity contribution is -0.117. The van der Waals surface area contributed by atoms with Crippen LogP contribution in [0.2, 0.25) is 0 Å². The van der Waals surface area contributed by atoms with Gasteiger partial charge in [-0.1, -0.05) is 43.8 Å². The smallest absolute Gasteiger partial charge is 0.173 e. The third kappa shape index (κ3) is 2.96. The number of methoxy groups -OCH3 is 1. The van der Waals surface area contributed by atoms with Crippen molar-refractivity contribution < 1.29 is 9.53 Å². The third-order valence-electron chi connectivity index (χ3n) is 2.99. The number of thioether (sulfide) groups is 1. The Morgan fingerprint density at radius 1 is 1.17 bits per heavy atom. The van der Waals surface area contributed by atoms with Crippen LogP contribution in [0.4, 0.5) is 0 Å². The number of allylic oxidation sites excluding steroid dienone is 2. The molecule has 0 unspecified atom stereocenters. The SMILES string of the molecule is COC1=C(Sc2ccccc2)C(=O)CC(C)(C)C1. The molecule has 0 amide bonds. The Morgan fingerprint density at radius 3 is 2.44 bits per heavy atom. The van der Waals surface area contributed by atoms with E-state index in [9.17, 15) is 4.79 Å². The van der Waals surface area contributed by atoms with Crippen LogP contribution in [0.25, 0.3) is 0 Å². The summed E-state index contributed by atoms with van der Waals surface area (Å²) >= 11 is 1.51. The van der Waals surface area contributed by atoms with E-state index in [1.807, 2.05) is 30.3 Å². The molecule has 0 saturated carbocycles. The zero-order chi connectivity index (χ0) is 13.2. The zero-order valence-corrected chi connectivity index (χ0v) is 11.8. The van der Waals surface area contributed by atoms with Gasteiger partial charge >= 0.3 is 0 Å². The molecule has 0 heterocycles. The fourth-order valence-corrected chi connectivity index (χ4v) is 3.12. The largest absolute Gasteiger partial charge is 0.500 e. The lowest BCUT2D eigenvalue weighted by atomic mass is 9.79. The number of benzene rings is 1. The molecule has 0 N–H and O–H groups in total. The molecule has 0 fully saturated rings. The molecule has 18 heavy (non-hydrogen) atoms. The average Bonchev–Trinajstić information content (AvgIpc) is 2.33. The summed E-state index contributed by atoms with van der Waals surface area (Å²) in [6.45, 7) is 4.21. The Hall–Kier alpha value is -1.22. The van der Waals surface area contributed by atoms with Crippen molar-refractivity contribution in [2.45, 2.75) is 31.6 Å². The molecular weight excluding hydrogens is 244 g/mol. The van der Waals surface area contributed by atoms with Gasteiger partial charge in [-0.05, 0) is 17.5 Å². The van der Waals surface area contributed by atoms with E-state index < -0.39 is 0 Å². The minimum Gasteiger partial charge on any atom is -0.500 e. The van der Waals surface area contributed by atoms with Gasteiger partial charge in [0.1, 0.15) is 5.76 Å². The molecule has 1 aliphatic rings. The molecule has 0 saturated heterocycles. The maximum absolute atomic E-state index is 12.2. The van der Waals surface area contributed by atoms with Crippen molar-refractivity contribution >= 4 is 17.5 Å². The van der Waals surface area contributed by atoms with E-state index in [2.05, 4.69) is 13.8 Å². The Kier molecular flexibility index (Phi) is 3.81. The number of ketones is 1. The number of ether oxygens (including phenoxy) is 1. The van der Waals surface area contributed by atoms with E-state index in [0.29, 0.717) is 6.42 Å². The van der Waals surface area contributed by atoms with E-state index >= 15 is 0 Å².